The van der Waals surface area contributed by atoms with Crippen LogP contribution in [0.15, 0.2) is 30.5 Å². The molecule has 5 aromatic rings. The number of ether oxygens (including phenoxy) is 1. The van der Waals surface area contributed by atoms with Gasteiger partial charge in [0.05, 0.1) is 16.5 Å². The summed E-state index contributed by atoms with van der Waals surface area (Å²) in [5.74, 6) is 0.966. The van der Waals surface area contributed by atoms with Crippen molar-refractivity contribution in [3.63, 3.8) is 0 Å². The highest BCUT2D eigenvalue weighted by molar-refractivity contribution is 6.18. The molecular weight excluding hydrogens is 635 g/mol. The van der Waals surface area contributed by atoms with Crippen molar-refractivity contribution in [1.29, 1.82) is 0 Å². The van der Waals surface area contributed by atoms with Crippen molar-refractivity contribution in [2.45, 2.75) is 55.9 Å². The number of aryl methyl sites for hydroxylation is 1. The van der Waals surface area contributed by atoms with E-state index in [1.54, 1.807) is 13.2 Å². The number of aromatic nitrogens is 4. The van der Waals surface area contributed by atoms with Gasteiger partial charge in [0.2, 0.25) is 5.91 Å². The van der Waals surface area contributed by atoms with E-state index in [0.717, 1.165) is 25.8 Å². The third-order valence-electron chi connectivity index (χ3n) is 10.9. The van der Waals surface area contributed by atoms with Gasteiger partial charge >= 0.3 is 6.01 Å². The van der Waals surface area contributed by atoms with Gasteiger partial charge in [-0.25, -0.2) is 13.2 Å². The van der Waals surface area contributed by atoms with Crippen LogP contribution >= 0.6 is 0 Å². The summed E-state index contributed by atoms with van der Waals surface area (Å²) in [6, 6.07) is 4.75. The van der Waals surface area contributed by atoms with Crippen LogP contribution in [0.3, 0.4) is 0 Å². The molecule has 0 saturated carbocycles. The highest BCUT2D eigenvalue weighted by Gasteiger charge is 2.50. The minimum Gasteiger partial charge on any atom is -0.508 e. The van der Waals surface area contributed by atoms with Crippen LogP contribution in [0.1, 0.15) is 37.7 Å². The zero-order chi connectivity index (χ0) is 33.8. The van der Waals surface area contributed by atoms with Crippen molar-refractivity contribution < 1.29 is 27.8 Å². The molecule has 10 nitrogen and oxygen atoms in total. The van der Waals surface area contributed by atoms with E-state index in [0.29, 0.717) is 47.9 Å². The van der Waals surface area contributed by atoms with Gasteiger partial charge in [-0.15, -0.1) is 6.42 Å². The second-order valence-corrected chi connectivity index (χ2v) is 13.7. The number of hydrogen-bond acceptors (Lipinski definition) is 8. The molecule has 4 fully saturated rings. The molecule has 3 aromatic carbocycles. The Morgan fingerprint density at radius 2 is 2.04 bits per heavy atom. The summed E-state index contributed by atoms with van der Waals surface area (Å²) in [7, 11) is 1.70. The first-order chi connectivity index (χ1) is 23.7. The number of carbonyl (C=O) groups is 1. The van der Waals surface area contributed by atoms with E-state index in [1.807, 2.05) is 4.90 Å². The molecule has 0 spiro atoms. The molecule has 4 saturated heterocycles. The highest BCUT2D eigenvalue weighted by atomic mass is 19.1. The molecule has 0 unspecified atom stereocenters. The fourth-order valence-electron chi connectivity index (χ4n) is 8.82. The first kappa shape index (κ1) is 30.0. The normalized spacial score (nSPS) is 25.0. The summed E-state index contributed by atoms with van der Waals surface area (Å²) in [6.07, 6.45) is 9.87. The third-order valence-corrected chi connectivity index (χ3v) is 10.9. The van der Waals surface area contributed by atoms with Crippen LogP contribution in [0.25, 0.3) is 43.7 Å². The molecule has 13 heteroatoms. The number of nitrogens with one attached hydrogen (secondary N) is 1. The number of fused-ring (bicyclic) bond motifs is 7. The molecule has 2 bridgehead atoms. The van der Waals surface area contributed by atoms with E-state index in [4.69, 9.17) is 16.1 Å². The largest absolute Gasteiger partial charge is 0.508 e. The lowest BCUT2D eigenvalue weighted by Crippen LogP contribution is -2.56. The summed E-state index contributed by atoms with van der Waals surface area (Å²) >= 11 is 0. The van der Waals surface area contributed by atoms with Crippen molar-refractivity contribution in [2.75, 3.05) is 31.1 Å². The summed E-state index contributed by atoms with van der Waals surface area (Å²) < 4.78 is 55.1. The van der Waals surface area contributed by atoms with Crippen molar-refractivity contribution in [2.24, 2.45) is 7.05 Å². The number of hydrogen-bond donors (Lipinski definition) is 2. The second-order valence-electron chi connectivity index (χ2n) is 13.7. The van der Waals surface area contributed by atoms with Gasteiger partial charge in [0, 0.05) is 55.1 Å². The number of halogens is 3. The average Bonchev–Trinajstić information content (AvgIpc) is 3.81. The number of nitrogens with zero attached hydrogens (tertiary/aromatic N) is 6. The molecule has 250 valence electrons. The van der Waals surface area contributed by atoms with E-state index in [-0.39, 0.29) is 63.4 Å². The number of aromatic hydroxyl groups is 1. The monoisotopic (exact) mass is 667 g/mol. The van der Waals surface area contributed by atoms with Gasteiger partial charge in [-0.1, -0.05) is 12.0 Å². The van der Waals surface area contributed by atoms with Crippen LogP contribution in [0, 0.1) is 24.0 Å². The number of anilines is 1. The Morgan fingerprint density at radius 1 is 1.18 bits per heavy atom. The molecule has 9 rings (SSSR count). The van der Waals surface area contributed by atoms with E-state index in [9.17, 15) is 14.3 Å². The molecule has 2 N–H and O–H groups in total. The first-order valence-electron chi connectivity index (χ1n) is 16.5. The van der Waals surface area contributed by atoms with Crippen LogP contribution in [0.2, 0.25) is 0 Å². The van der Waals surface area contributed by atoms with Crippen LogP contribution in [0.5, 0.6) is 11.8 Å². The molecule has 49 heavy (non-hydrogen) atoms. The lowest BCUT2D eigenvalue weighted by atomic mass is 9.91. The Hall–Kier alpha value is -5.09. The molecule has 4 atom stereocenters. The zero-order valence-corrected chi connectivity index (χ0v) is 26.6. The minimum atomic E-state index is -0.965. The van der Waals surface area contributed by atoms with Crippen LogP contribution in [0.4, 0.5) is 19.0 Å². The van der Waals surface area contributed by atoms with Gasteiger partial charge in [0.1, 0.15) is 47.2 Å². The Balaban J connectivity index is 1.32. The predicted octanol–water partition coefficient (Wildman–Crippen LogP) is 4.72. The molecule has 4 aliphatic rings. The van der Waals surface area contributed by atoms with Gasteiger partial charge in [0.15, 0.2) is 5.82 Å². The number of carbonyl (C=O) groups excluding carboxylic acids is 1. The fourth-order valence-corrected chi connectivity index (χ4v) is 8.82. The molecule has 1 amide bonds. The second kappa shape index (κ2) is 10.7. The zero-order valence-electron chi connectivity index (χ0n) is 26.6. The molecular formula is C36H32F3N7O3. The Bertz CT molecular complexity index is 2290. The standard InChI is InChI=1S/C36H32F3N7O3/c1-3-22-25(38)7-5-18-11-21(47)12-23(27(18)22)28-30(39)32-29(24-16-44(2)43-31(24)28)33(46-20-6-8-26(46)34(48)40-14-20)42-35(41-32)49-17-36-9-4-10-45(36)15-19(37)13-36/h1,5,7,11-12,16,19-20,26,47H,4,6,8-10,13-15,17H2,2H3,(H,40,48)/t19-,20-,26+,36+/m1/s1. The topological polar surface area (TPSA) is 109 Å². The number of phenols is 1. The Kier molecular flexibility index (Phi) is 6.55. The van der Waals surface area contributed by atoms with Gasteiger partial charge < -0.3 is 20.1 Å². The molecule has 2 aromatic heterocycles. The molecule has 6 heterocycles. The predicted molar refractivity (Wildman–Crippen MR) is 177 cm³/mol. The molecule has 4 aliphatic heterocycles. The third kappa shape index (κ3) is 4.39. The number of alkyl halides is 1. The van der Waals surface area contributed by atoms with Crippen molar-refractivity contribution in [1.82, 2.24) is 30.0 Å². The number of phenolic OH excluding ortho intramolecular Hbond substituents is 1. The smallest absolute Gasteiger partial charge is 0.319 e. The lowest BCUT2D eigenvalue weighted by Gasteiger charge is -2.36. The van der Waals surface area contributed by atoms with Gasteiger partial charge in [-0.2, -0.15) is 15.1 Å². The van der Waals surface area contributed by atoms with Gasteiger partial charge in [-0.3, -0.25) is 14.4 Å². The van der Waals surface area contributed by atoms with E-state index in [1.165, 1.54) is 28.9 Å². The lowest BCUT2D eigenvalue weighted by molar-refractivity contribution is -0.122. The van der Waals surface area contributed by atoms with Crippen LogP contribution < -0.4 is 15.0 Å². The van der Waals surface area contributed by atoms with E-state index < -0.39 is 29.4 Å². The summed E-state index contributed by atoms with van der Waals surface area (Å²) in [5.41, 5.74) is -0.341. The minimum absolute atomic E-state index is 0.0299. The highest BCUT2D eigenvalue weighted by Crippen LogP contribution is 2.47. The van der Waals surface area contributed by atoms with Crippen molar-refractivity contribution in [3.05, 3.63) is 47.7 Å². The molecule has 0 aliphatic carbocycles. The quantitative estimate of drug-likeness (QED) is 0.260. The maximum Gasteiger partial charge on any atom is 0.319 e. The van der Waals surface area contributed by atoms with E-state index >= 15 is 8.78 Å². The maximum atomic E-state index is 17.5. The van der Waals surface area contributed by atoms with Crippen molar-refractivity contribution >= 4 is 44.3 Å². The van der Waals surface area contributed by atoms with Crippen LogP contribution in [-0.4, -0.2) is 85.7 Å². The summed E-state index contributed by atoms with van der Waals surface area (Å²) in [6.45, 7) is 1.64. The number of terminal acetylenes is 1. The Labute approximate surface area is 278 Å². The number of amides is 1. The summed E-state index contributed by atoms with van der Waals surface area (Å²) in [4.78, 5) is 26.7. The Morgan fingerprint density at radius 3 is 2.88 bits per heavy atom. The number of benzene rings is 3. The van der Waals surface area contributed by atoms with Gasteiger partial charge in [-0.05, 0) is 61.4 Å². The van der Waals surface area contributed by atoms with Gasteiger partial charge in [0.25, 0.3) is 0 Å². The fraction of sp³-hybridized carbons (Fsp3) is 0.389. The summed E-state index contributed by atoms with van der Waals surface area (Å²) in [5, 5.41) is 19.9. The van der Waals surface area contributed by atoms with Crippen LogP contribution in [-0.2, 0) is 11.8 Å². The van der Waals surface area contributed by atoms with E-state index in [2.05, 4.69) is 26.2 Å². The maximum absolute atomic E-state index is 17.5. The first-order valence-corrected chi connectivity index (χ1v) is 16.5. The molecule has 0 radical (unpaired) electrons. The van der Waals surface area contributed by atoms with Crippen molar-refractivity contribution in [3.8, 4) is 35.2 Å². The SMILES string of the molecule is C#Cc1c(F)ccc2cc(O)cc(-c3c(F)c4nc(OC[C@@]56CCCN5C[C@H](F)C6)nc(N5[C@@H]6CC[C@H]5C(=O)NC6)c4c4cn(C)nc34)c12. The average molecular weight is 668 g/mol. The number of piperazine rings is 1. The number of rotatable bonds is 5.